The third-order valence-corrected chi connectivity index (χ3v) is 6.27. The van der Waals surface area contributed by atoms with Crippen LogP contribution in [0.5, 0.6) is 0 Å². The minimum absolute atomic E-state index is 0.155. The van der Waals surface area contributed by atoms with Crippen molar-refractivity contribution in [3.05, 3.63) is 0 Å². The molecule has 0 unspecified atom stereocenters. The molecule has 0 aromatic rings. The summed E-state index contributed by atoms with van der Waals surface area (Å²) in [5.41, 5.74) is -0.783. The first-order valence-corrected chi connectivity index (χ1v) is 11.2. The summed E-state index contributed by atoms with van der Waals surface area (Å²) in [6, 6.07) is 1.07. The fourth-order valence-corrected chi connectivity index (χ4v) is 3.97. The second-order valence-electron chi connectivity index (χ2n) is 11.5. The van der Waals surface area contributed by atoms with Crippen molar-refractivity contribution in [2.24, 2.45) is 16.7 Å². The second-order valence-corrected chi connectivity index (χ2v) is 11.5. The van der Waals surface area contributed by atoms with Crippen molar-refractivity contribution in [3.63, 3.8) is 0 Å². The minimum Gasteiger partial charge on any atom is -0.312 e. The van der Waals surface area contributed by atoms with E-state index >= 15 is 0 Å². The molecule has 0 bridgehead atoms. The largest absolute Gasteiger partial charge is 0.312 e. The Morgan fingerprint density at radius 1 is 0.893 bits per heavy atom. The predicted molar refractivity (Wildman–Crippen MR) is 119 cm³/mol. The van der Waals surface area contributed by atoms with Crippen LogP contribution in [0.25, 0.3) is 0 Å². The Balaban J connectivity index is 2.51. The lowest BCUT2D eigenvalue weighted by atomic mass is 9.71. The zero-order valence-corrected chi connectivity index (χ0v) is 20.0. The number of rotatable bonds is 10. The monoisotopic (exact) mass is 394 g/mol. The molecule has 1 rings (SSSR count). The van der Waals surface area contributed by atoms with E-state index in [2.05, 4.69) is 52.2 Å². The van der Waals surface area contributed by atoms with Gasteiger partial charge in [0.05, 0.1) is 6.54 Å². The molecule has 0 heterocycles. The van der Waals surface area contributed by atoms with Gasteiger partial charge in [-0.05, 0) is 52.4 Å². The van der Waals surface area contributed by atoms with Crippen molar-refractivity contribution >= 4 is 11.6 Å². The first-order valence-electron chi connectivity index (χ1n) is 11.2. The molecule has 1 aliphatic carbocycles. The van der Waals surface area contributed by atoms with Gasteiger partial charge in [-0.3, -0.25) is 9.59 Å². The van der Waals surface area contributed by atoms with E-state index in [1.165, 1.54) is 0 Å². The highest BCUT2D eigenvalue weighted by atomic mass is 16.1. The van der Waals surface area contributed by atoms with Gasteiger partial charge in [0.25, 0.3) is 0 Å². The Morgan fingerprint density at radius 2 is 1.43 bits per heavy atom. The maximum absolute atomic E-state index is 13.2. The van der Waals surface area contributed by atoms with Gasteiger partial charge in [-0.1, -0.05) is 48.5 Å². The van der Waals surface area contributed by atoms with Crippen molar-refractivity contribution < 1.29 is 9.59 Å². The standard InChI is InChI=1S/C24H46N2O2/c1-17(2)26-19-12-10-18(11-13-19)21(28)23(6,7)14-15-24(8,9)25-16-20(27)22(3,4)5/h17-19,25-26H,10-16H2,1-9H3/t18-,19-. The zero-order valence-electron chi connectivity index (χ0n) is 20.0. The van der Waals surface area contributed by atoms with E-state index in [0.717, 1.165) is 38.5 Å². The summed E-state index contributed by atoms with van der Waals surface area (Å²) in [5, 5.41) is 7.02. The van der Waals surface area contributed by atoms with Gasteiger partial charge in [0.15, 0.2) is 5.78 Å². The van der Waals surface area contributed by atoms with E-state index in [1.54, 1.807) is 0 Å². The van der Waals surface area contributed by atoms with Gasteiger partial charge in [0, 0.05) is 34.4 Å². The van der Waals surface area contributed by atoms with Crippen LogP contribution in [0.3, 0.4) is 0 Å². The van der Waals surface area contributed by atoms with Crippen LogP contribution in [0, 0.1) is 16.7 Å². The highest BCUT2D eigenvalue weighted by molar-refractivity contribution is 5.86. The highest BCUT2D eigenvalue weighted by Gasteiger charge is 2.37. The van der Waals surface area contributed by atoms with Crippen LogP contribution in [0.15, 0.2) is 0 Å². The van der Waals surface area contributed by atoms with Gasteiger partial charge in [-0.25, -0.2) is 0 Å². The van der Waals surface area contributed by atoms with E-state index in [1.807, 2.05) is 20.8 Å². The first kappa shape index (κ1) is 25.3. The number of Topliss-reactive ketones (excluding diaryl/α,β-unsaturated/α-hetero) is 2. The highest BCUT2D eigenvalue weighted by Crippen LogP contribution is 2.35. The molecule has 0 saturated heterocycles. The molecular formula is C24H46N2O2. The summed E-state index contributed by atoms with van der Waals surface area (Å²) in [6.07, 6.45) is 5.95. The van der Waals surface area contributed by atoms with Gasteiger partial charge in [-0.15, -0.1) is 0 Å². The fourth-order valence-electron chi connectivity index (χ4n) is 3.97. The van der Waals surface area contributed by atoms with Gasteiger partial charge < -0.3 is 10.6 Å². The average molecular weight is 395 g/mol. The predicted octanol–water partition coefficient (Wildman–Crippen LogP) is 4.90. The molecule has 0 aromatic carbocycles. The third kappa shape index (κ3) is 8.32. The minimum atomic E-state index is -0.318. The Kier molecular flexibility index (Phi) is 8.89. The summed E-state index contributed by atoms with van der Waals surface area (Å²) in [6.45, 7) is 19.1. The van der Waals surface area contributed by atoms with Crippen LogP contribution < -0.4 is 10.6 Å². The van der Waals surface area contributed by atoms with E-state index in [-0.39, 0.29) is 28.1 Å². The van der Waals surface area contributed by atoms with Gasteiger partial charge in [0.2, 0.25) is 0 Å². The average Bonchev–Trinajstić information content (AvgIpc) is 2.57. The number of nitrogens with one attached hydrogen (secondary N) is 2. The molecule has 0 spiro atoms. The first-order chi connectivity index (χ1) is 12.6. The molecular weight excluding hydrogens is 348 g/mol. The number of carbonyl (C=O) groups excluding carboxylic acids is 2. The van der Waals surface area contributed by atoms with Crippen molar-refractivity contribution in [1.82, 2.24) is 10.6 Å². The lowest BCUT2D eigenvalue weighted by Gasteiger charge is -2.36. The Hall–Kier alpha value is -0.740. The molecule has 0 radical (unpaired) electrons. The SMILES string of the molecule is CC(C)N[C@H]1CC[C@H](C(=O)C(C)(C)CCC(C)(C)NCC(=O)C(C)(C)C)CC1. The summed E-state index contributed by atoms with van der Waals surface area (Å²) >= 11 is 0. The quantitative estimate of drug-likeness (QED) is 0.553. The second kappa shape index (κ2) is 9.84. The molecule has 0 aromatic heterocycles. The number of hydrogen-bond acceptors (Lipinski definition) is 4. The molecule has 4 heteroatoms. The molecule has 28 heavy (non-hydrogen) atoms. The molecule has 1 fully saturated rings. The summed E-state index contributed by atoms with van der Waals surface area (Å²) in [5.74, 6) is 0.860. The van der Waals surface area contributed by atoms with Gasteiger partial charge in [0.1, 0.15) is 5.78 Å². The maximum atomic E-state index is 13.2. The number of carbonyl (C=O) groups is 2. The topological polar surface area (TPSA) is 58.2 Å². The van der Waals surface area contributed by atoms with Crippen LogP contribution in [0.4, 0.5) is 0 Å². The van der Waals surface area contributed by atoms with Crippen LogP contribution in [-0.4, -0.2) is 35.7 Å². The van der Waals surface area contributed by atoms with Gasteiger partial charge in [-0.2, -0.15) is 0 Å². The maximum Gasteiger partial charge on any atom is 0.151 e. The van der Waals surface area contributed by atoms with Crippen LogP contribution in [0.1, 0.15) is 101 Å². The lowest BCUT2D eigenvalue weighted by molar-refractivity contribution is -0.133. The molecule has 0 amide bonds. The number of ketones is 2. The lowest BCUT2D eigenvalue weighted by Crippen LogP contribution is -2.46. The van der Waals surface area contributed by atoms with Crippen LogP contribution in [0.2, 0.25) is 0 Å². The Morgan fingerprint density at radius 3 is 1.89 bits per heavy atom. The Bertz CT molecular complexity index is 521. The molecule has 1 saturated carbocycles. The van der Waals surface area contributed by atoms with Crippen molar-refractivity contribution in [2.45, 2.75) is 118 Å². The van der Waals surface area contributed by atoms with Crippen molar-refractivity contribution in [2.75, 3.05) is 6.54 Å². The molecule has 0 aliphatic heterocycles. The fraction of sp³-hybridized carbons (Fsp3) is 0.917. The molecule has 164 valence electrons. The molecule has 4 nitrogen and oxygen atoms in total. The van der Waals surface area contributed by atoms with Crippen molar-refractivity contribution in [3.8, 4) is 0 Å². The zero-order chi connectivity index (χ0) is 21.8. The van der Waals surface area contributed by atoms with Crippen molar-refractivity contribution in [1.29, 1.82) is 0 Å². The van der Waals surface area contributed by atoms with E-state index < -0.39 is 0 Å². The van der Waals surface area contributed by atoms with E-state index in [0.29, 0.717) is 24.4 Å². The summed E-state index contributed by atoms with van der Waals surface area (Å²) < 4.78 is 0. The Labute approximate surface area is 174 Å². The molecule has 1 aliphatic rings. The smallest absolute Gasteiger partial charge is 0.151 e. The van der Waals surface area contributed by atoms with E-state index in [9.17, 15) is 9.59 Å². The van der Waals surface area contributed by atoms with Crippen LogP contribution >= 0.6 is 0 Å². The van der Waals surface area contributed by atoms with Crippen LogP contribution in [-0.2, 0) is 9.59 Å². The van der Waals surface area contributed by atoms with E-state index in [4.69, 9.17) is 0 Å². The normalized spacial score (nSPS) is 21.8. The number of hydrogen-bond donors (Lipinski definition) is 2. The summed E-state index contributed by atoms with van der Waals surface area (Å²) in [4.78, 5) is 25.4. The molecule has 0 atom stereocenters. The summed E-state index contributed by atoms with van der Waals surface area (Å²) in [7, 11) is 0. The van der Waals surface area contributed by atoms with Gasteiger partial charge >= 0.3 is 0 Å². The third-order valence-electron chi connectivity index (χ3n) is 6.27. The molecule has 2 N–H and O–H groups in total.